The number of rotatable bonds is 7. The Labute approximate surface area is 126 Å². The van der Waals surface area contributed by atoms with Gasteiger partial charge in [-0.15, -0.1) is 0 Å². The molecule has 0 aromatic heterocycles. The van der Waals surface area contributed by atoms with Gasteiger partial charge in [0.25, 0.3) is 0 Å². The van der Waals surface area contributed by atoms with Gasteiger partial charge in [-0.3, -0.25) is 4.79 Å². The number of nitrogens with one attached hydrogen (secondary N) is 1. The fourth-order valence-corrected chi connectivity index (χ4v) is 3.27. The van der Waals surface area contributed by atoms with Crippen molar-refractivity contribution in [3.05, 3.63) is 35.4 Å². The smallest absolute Gasteiger partial charge is 0.223 e. The van der Waals surface area contributed by atoms with E-state index in [2.05, 4.69) is 5.32 Å². The summed E-state index contributed by atoms with van der Waals surface area (Å²) in [5.41, 5.74) is 7.14. The lowest BCUT2D eigenvalue weighted by atomic mass is 10.1. The van der Waals surface area contributed by atoms with Gasteiger partial charge in [-0.25, -0.2) is 12.7 Å². The summed E-state index contributed by atoms with van der Waals surface area (Å²) in [7, 11) is -0.442. The average molecular weight is 313 g/mol. The molecule has 0 aliphatic carbocycles. The van der Waals surface area contributed by atoms with Crippen molar-refractivity contribution in [2.24, 2.45) is 11.7 Å². The van der Waals surface area contributed by atoms with Crippen LogP contribution in [0.15, 0.2) is 24.3 Å². The van der Waals surface area contributed by atoms with Gasteiger partial charge >= 0.3 is 0 Å². The van der Waals surface area contributed by atoms with Crippen molar-refractivity contribution in [1.82, 2.24) is 9.62 Å². The molecule has 7 heteroatoms. The van der Waals surface area contributed by atoms with E-state index >= 15 is 0 Å². The Morgan fingerprint density at radius 3 is 2.57 bits per heavy atom. The van der Waals surface area contributed by atoms with Gasteiger partial charge in [0, 0.05) is 33.1 Å². The highest BCUT2D eigenvalue weighted by Crippen LogP contribution is 2.13. The second-order valence-corrected chi connectivity index (χ2v) is 7.15. The third-order valence-electron chi connectivity index (χ3n) is 3.28. The van der Waals surface area contributed by atoms with Crippen LogP contribution < -0.4 is 11.1 Å². The summed E-state index contributed by atoms with van der Waals surface area (Å²) in [4.78, 5) is 11.5. The number of amides is 1. The first kappa shape index (κ1) is 17.6. The van der Waals surface area contributed by atoms with Gasteiger partial charge in [0.05, 0.1) is 5.75 Å². The van der Waals surface area contributed by atoms with Gasteiger partial charge in [0.1, 0.15) is 0 Å². The molecular weight excluding hydrogens is 290 g/mol. The molecule has 1 aromatic carbocycles. The minimum atomic E-state index is -3.46. The van der Waals surface area contributed by atoms with Crippen LogP contribution in [0, 0.1) is 5.92 Å². The summed E-state index contributed by atoms with van der Waals surface area (Å²) in [6.07, 6.45) is 0. The monoisotopic (exact) mass is 313 g/mol. The standard InChI is InChI=1S/C14H23N3O3S/c1-11(14(18)16-2)9-17(3)21(19,20)10-13-6-4-5-12(7-13)8-15/h4-7,11H,8-10,15H2,1-3H3,(H,16,18). The van der Waals surface area contributed by atoms with Gasteiger partial charge in [0.15, 0.2) is 0 Å². The predicted molar refractivity (Wildman–Crippen MR) is 82.8 cm³/mol. The highest BCUT2D eigenvalue weighted by Gasteiger charge is 2.23. The van der Waals surface area contributed by atoms with Crippen molar-refractivity contribution in [1.29, 1.82) is 0 Å². The Balaban J connectivity index is 2.78. The largest absolute Gasteiger partial charge is 0.359 e. The van der Waals surface area contributed by atoms with Crippen molar-refractivity contribution in [2.75, 3.05) is 20.6 Å². The van der Waals surface area contributed by atoms with E-state index in [1.807, 2.05) is 6.07 Å². The van der Waals surface area contributed by atoms with Crippen LogP contribution in [0.25, 0.3) is 0 Å². The molecule has 0 radical (unpaired) electrons. The number of carbonyl (C=O) groups is 1. The average Bonchev–Trinajstić information content (AvgIpc) is 2.45. The SMILES string of the molecule is CNC(=O)C(C)CN(C)S(=O)(=O)Cc1cccc(CN)c1. The van der Waals surface area contributed by atoms with Gasteiger partial charge in [-0.05, 0) is 11.1 Å². The number of carbonyl (C=O) groups excluding carboxylic acids is 1. The second kappa shape index (κ2) is 7.53. The molecule has 21 heavy (non-hydrogen) atoms. The van der Waals surface area contributed by atoms with Gasteiger partial charge < -0.3 is 11.1 Å². The fraction of sp³-hybridized carbons (Fsp3) is 0.500. The molecule has 1 rings (SSSR count). The first-order chi connectivity index (χ1) is 9.80. The lowest BCUT2D eigenvalue weighted by molar-refractivity contribution is -0.124. The van der Waals surface area contributed by atoms with Gasteiger partial charge in [-0.2, -0.15) is 0 Å². The Kier molecular flexibility index (Phi) is 6.32. The quantitative estimate of drug-likeness (QED) is 0.757. The number of nitrogens with zero attached hydrogens (tertiary/aromatic N) is 1. The van der Waals surface area contributed by atoms with Crippen molar-refractivity contribution in [3.8, 4) is 0 Å². The highest BCUT2D eigenvalue weighted by atomic mass is 32.2. The number of hydrogen-bond donors (Lipinski definition) is 2. The molecule has 118 valence electrons. The minimum Gasteiger partial charge on any atom is -0.359 e. The molecule has 0 fully saturated rings. The highest BCUT2D eigenvalue weighted by molar-refractivity contribution is 7.88. The summed E-state index contributed by atoms with van der Waals surface area (Å²) < 4.78 is 25.8. The summed E-state index contributed by atoms with van der Waals surface area (Å²) in [6.45, 7) is 2.22. The number of hydrogen-bond acceptors (Lipinski definition) is 4. The molecule has 0 spiro atoms. The molecule has 0 heterocycles. The van der Waals surface area contributed by atoms with Crippen LogP contribution in [0.3, 0.4) is 0 Å². The van der Waals surface area contributed by atoms with E-state index in [0.717, 1.165) is 5.56 Å². The molecule has 0 aliphatic rings. The van der Waals surface area contributed by atoms with Gasteiger partial charge in [0.2, 0.25) is 15.9 Å². The Hall–Kier alpha value is -1.44. The predicted octanol–water partition coefficient (Wildman–Crippen LogP) is 0.289. The van der Waals surface area contributed by atoms with Crippen molar-refractivity contribution < 1.29 is 13.2 Å². The zero-order valence-electron chi connectivity index (χ0n) is 12.7. The molecule has 6 nitrogen and oxygen atoms in total. The minimum absolute atomic E-state index is 0.0994. The number of nitrogens with two attached hydrogens (primary N) is 1. The summed E-state index contributed by atoms with van der Waals surface area (Å²) >= 11 is 0. The van der Waals surface area contributed by atoms with Crippen LogP contribution in [0.4, 0.5) is 0 Å². The number of sulfonamides is 1. The first-order valence-corrected chi connectivity index (χ1v) is 8.34. The summed E-state index contributed by atoms with van der Waals surface area (Å²) in [5.74, 6) is -0.676. The van der Waals surface area contributed by atoms with Crippen molar-refractivity contribution >= 4 is 15.9 Å². The molecule has 0 bridgehead atoms. The molecule has 0 saturated heterocycles. The van der Waals surface area contributed by atoms with E-state index in [1.165, 1.54) is 18.4 Å². The van der Waals surface area contributed by atoms with Crippen LogP contribution in [-0.2, 0) is 27.1 Å². The Bertz CT molecular complexity index is 587. The van der Waals surface area contributed by atoms with Crippen LogP contribution in [-0.4, -0.2) is 39.3 Å². The van der Waals surface area contributed by atoms with Crippen LogP contribution in [0.5, 0.6) is 0 Å². The zero-order valence-corrected chi connectivity index (χ0v) is 13.5. The van der Waals surface area contributed by atoms with Crippen LogP contribution >= 0.6 is 0 Å². The van der Waals surface area contributed by atoms with E-state index < -0.39 is 15.9 Å². The molecule has 1 atom stereocenters. The maximum Gasteiger partial charge on any atom is 0.223 e. The zero-order chi connectivity index (χ0) is 16.0. The van der Waals surface area contributed by atoms with Crippen LogP contribution in [0.1, 0.15) is 18.1 Å². The maximum absolute atomic E-state index is 12.3. The second-order valence-electron chi connectivity index (χ2n) is 5.08. The topological polar surface area (TPSA) is 92.5 Å². The Morgan fingerprint density at radius 1 is 1.38 bits per heavy atom. The summed E-state index contributed by atoms with van der Waals surface area (Å²) in [5, 5.41) is 2.51. The first-order valence-electron chi connectivity index (χ1n) is 6.73. The van der Waals surface area contributed by atoms with E-state index in [0.29, 0.717) is 12.1 Å². The van der Waals surface area contributed by atoms with E-state index in [1.54, 1.807) is 25.1 Å². The molecule has 1 aromatic rings. The normalized spacial score (nSPS) is 13.2. The van der Waals surface area contributed by atoms with Crippen molar-refractivity contribution in [3.63, 3.8) is 0 Å². The van der Waals surface area contributed by atoms with Gasteiger partial charge in [-0.1, -0.05) is 31.2 Å². The van der Waals surface area contributed by atoms with E-state index in [-0.39, 0.29) is 18.2 Å². The van der Waals surface area contributed by atoms with Crippen LogP contribution in [0.2, 0.25) is 0 Å². The third kappa shape index (κ3) is 5.11. The Morgan fingerprint density at radius 2 is 2.00 bits per heavy atom. The lowest BCUT2D eigenvalue weighted by Gasteiger charge is -2.20. The third-order valence-corrected chi connectivity index (χ3v) is 5.07. The van der Waals surface area contributed by atoms with E-state index in [9.17, 15) is 13.2 Å². The summed E-state index contributed by atoms with van der Waals surface area (Å²) in [6, 6.07) is 7.19. The molecule has 1 amide bonds. The fourth-order valence-electron chi connectivity index (χ4n) is 2.00. The molecule has 1 unspecified atom stereocenters. The number of benzene rings is 1. The lowest BCUT2D eigenvalue weighted by Crippen LogP contribution is -2.37. The van der Waals surface area contributed by atoms with E-state index in [4.69, 9.17) is 5.73 Å². The molecule has 0 saturated carbocycles. The molecular formula is C14H23N3O3S. The van der Waals surface area contributed by atoms with Crippen molar-refractivity contribution in [2.45, 2.75) is 19.2 Å². The maximum atomic E-state index is 12.3. The molecule has 3 N–H and O–H groups in total. The molecule has 0 aliphatic heterocycles.